The lowest BCUT2D eigenvalue weighted by atomic mass is 9.87. The van der Waals surface area contributed by atoms with Crippen molar-refractivity contribution < 1.29 is 33.4 Å². The average molecular weight is 509 g/mol. The number of ether oxygens (including phenoxy) is 3. The van der Waals surface area contributed by atoms with E-state index in [4.69, 9.17) is 14.2 Å². The molecule has 1 aliphatic heterocycles. The van der Waals surface area contributed by atoms with Crippen molar-refractivity contribution in [1.82, 2.24) is 5.32 Å². The van der Waals surface area contributed by atoms with E-state index < -0.39 is 24.4 Å². The lowest BCUT2D eigenvalue weighted by molar-refractivity contribution is -0.121. The molecule has 196 valence electrons. The third kappa shape index (κ3) is 5.99. The monoisotopic (exact) mass is 508 g/mol. The standard InChI is InChI=1S/C28H32N2O7/c1-17-4-9-20(10-5-17)29-22-15-26(32)30(27(22)33)21-11-6-18(7-12-21)28(34)37-16-23(31)19-8-13-24(35-2)25(14-19)36-3/h6-8,11-14,17,20,22,29H,4-5,9-10,15-16H2,1-3H3. The lowest BCUT2D eigenvalue weighted by Crippen LogP contribution is -2.45. The van der Waals surface area contributed by atoms with Crippen molar-refractivity contribution in [2.24, 2.45) is 5.92 Å². The number of esters is 1. The topological polar surface area (TPSA) is 111 Å². The molecule has 1 saturated heterocycles. The number of benzene rings is 2. The summed E-state index contributed by atoms with van der Waals surface area (Å²) in [6.07, 6.45) is 4.36. The minimum atomic E-state index is -0.689. The van der Waals surface area contributed by atoms with Crippen molar-refractivity contribution in [2.75, 3.05) is 25.7 Å². The minimum Gasteiger partial charge on any atom is -0.493 e. The van der Waals surface area contributed by atoms with Crippen LogP contribution in [0.2, 0.25) is 0 Å². The van der Waals surface area contributed by atoms with Gasteiger partial charge in [-0.1, -0.05) is 6.92 Å². The quantitative estimate of drug-likeness (QED) is 0.311. The van der Waals surface area contributed by atoms with Gasteiger partial charge in [0, 0.05) is 11.6 Å². The van der Waals surface area contributed by atoms with Crippen LogP contribution in [0.5, 0.6) is 11.5 Å². The van der Waals surface area contributed by atoms with Gasteiger partial charge in [0.15, 0.2) is 23.9 Å². The molecule has 2 amide bonds. The molecule has 9 heteroatoms. The fourth-order valence-corrected chi connectivity index (χ4v) is 4.80. The average Bonchev–Trinajstić information content (AvgIpc) is 3.20. The van der Waals surface area contributed by atoms with Crippen LogP contribution in [0.15, 0.2) is 42.5 Å². The summed E-state index contributed by atoms with van der Waals surface area (Å²) < 4.78 is 15.5. The van der Waals surface area contributed by atoms with E-state index in [2.05, 4.69) is 12.2 Å². The molecule has 1 aliphatic carbocycles. The van der Waals surface area contributed by atoms with Crippen molar-refractivity contribution in [3.8, 4) is 11.5 Å². The smallest absolute Gasteiger partial charge is 0.338 e. The summed E-state index contributed by atoms with van der Waals surface area (Å²) in [6.45, 7) is 1.78. The van der Waals surface area contributed by atoms with E-state index in [1.807, 2.05) is 0 Å². The van der Waals surface area contributed by atoms with Crippen molar-refractivity contribution in [3.63, 3.8) is 0 Å². The Kier molecular flexibility index (Phi) is 8.23. The molecule has 2 aliphatic rings. The van der Waals surface area contributed by atoms with E-state index >= 15 is 0 Å². The summed E-state index contributed by atoms with van der Waals surface area (Å²) >= 11 is 0. The normalized spacial score (nSPS) is 21.6. The SMILES string of the molecule is COc1ccc(C(=O)COC(=O)c2ccc(N3C(=O)CC(NC4CCC(C)CC4)C3=O)cc2)cc1OC. The van der Waals surface area contributed by atoms with Gasteiger partial charge in [-0.15, -0.1) is 0 Å². The predicted molar refractivity (Wildman–Crippen MR) is 136 cm³/mol. The zero-order chi connectivity index (χ0) is 26.5. The fraction of sp³-hybridized carbons (Fsp3) is 0.429. The molecule has 0 spiro atoms. The Morgan fingerprint density at radius 3 is 2.22 bits per heavy atom. The van der Waals surface area contributed by atoms with E-state index in [0.29, 0.717) is 28.7 Å². The molecule has 37 heavy (non-hydrogen) atoms. The molecule has 9 nitrogen and oxygen atoms in total. The Morgan fingerprint density at radius 2 is 1.57 bits per heavy atom. The van der Waals surface area contributed by atoms with Gasteiger partial charge in [-0.05, 0) is 74.1 Å². The molecular weight excluding hydrogens is 476 g/mol. The molecule has 4 rings (SSSR count). The van der Waals surface area contributed by atoms with Crippen molar-refractivity contribution in [1.29, 1.82) is 0 Å². The van der Waals surface area contributed by atoms with Crippen molar-refractivity contribution in [2.45, 2.75) is 51.1 Å². The van der Waals surface area contributed by atoms with E-state index in [0.717, 1.165) is 25.7 Å². The van der Waals surface area contributed by atoms with Crippen LogP contribution in [-0.4, -0.2) is 56.5 Å². The number of hydrogen-bond donors (Lipinski definition) is 1. The van der Waals surface area contributed by atoms with Gasteiger partial charge in [0.05, 0.1) is 37.9 Å². The second kappa shape index (κ2) is 11.6. The van der Waals surface area contributed by atoms with Gasteiger partial charge in [-0.3, -0.25) is 14.4 Å². The summed E-state index contributed by atoms with van der Waals surface area (Å²) in [5.74, 6) is -0.0636. The molecule has 1 atom stereocenters. The lowest BCUT2D eigenvalue weighted by Gasteiger charge is -2.28. The number of nitrogens with zero attached hydrogens (tertiary/aromatic N) is 1. The highest BCUT2D eigenvalue weighted by Crippen LogP contribution is 2.29. The Morgan fingerprint density at radius 1 is 0.919 bits per heavy atom. The van der Waals surface area contributed by atoms with Crippen LogP contribution in [0.1, 0.15) is 59.7 Å². The largest absolute Gasteiger partial charge is 0.493 e. The number of amides is 2. The first-order valence-electron chi connectivity index (χ1n) is 12.5. The van der Waals surface area contributed by atoms with Crippen LogP contribution in [0.4, 0.5) is 5.69 Å². The zero-order valence-corrected chi connectivity index (χ0v) is 21.3. The van der Waals surface area contributed by atoms with Gasteiger partial charge in [-0.25, -0.2) is 9.69 Å². The first kappa shape index (κ1) is 26.3. The highest BCUT2D eigenvalue weighted by Gasteiger charge is 2.40. The van der Waals surface area contributed by atoms with Gasteiger partial charge in [0.25, 0.3) is 5.91 Å². The number of methoxy groups -OCH3 is 2. The summed E-state index contributed by atoms with van der Waals surface area (Å²) in [7, 11) is 2.96. The van der Waals surface area contributed by atoms with Gasteiger partial charge in [-0.2, -0.15) is 0 Å². The summed E-state index contributed by atoms with van der Waals surface area (Å²) in [4.78, 5) is 51.7. The summed E-state index contributed by atoms with van der Waals surface area (Å²) in [5, 5.41) is 3.37. The number of rotatable bonds is 9. The summed E-state index contributed by atoms with van der Waals surface area (Å²) in [5.41, 5.74) is 0.918. The van der Waals surface area contributed by atoms with Crippen molar-refractivity contribution in [3.05, 3.63) is 53.6 Å². The van der Waals surface area contributed by atoms with E-state index in [1.165, 1.54) is 49.5 Å². The maximum Gasteiger partial charge on any atom is 0.338 e. The maximum absolute atomic E-state index is 13.0. The molecule has 2 aromatic rings. The number of nitrogens with one attached hydrogen (secondary N) is 1. The number of carbonyl (C=O) groups excluding carboxylic acids is 4. The Labute approximate surface area is 216 Å². The van der Waals surface area contributed by atoms with Crippen LogP contribution in [-0.2, 0) is 14.3 Å². The Bertz CT molecular complexity index is 1170. The van der Waals surface area contributed by atoms with Crippen LogP contribution in [0.25, 0.3) is 0 Å². The zero-order valence-electron chi connectivity index (χ0n) is 21.3. The van der Waals surface area contributed by atoms with Gasteiger partial charge in [0.1, 0.15) is 0 Å². The van der Waals surface area contributed by atoms with Crippen LogP contribution in [0.3, 0.4) is 0 Å². The molecule has 0 aromatic heterocycles. The number of ketones is 1. The van der Waals surface area contributed by atoms with E-state index in [9.17, 15) is 19.2 Å². The third-order valence-electron chi connectivity index (χ3n) is 7.00. The Balaban J connectivity index is 1.34. The Hall–Kier alpha value is -3.72. The molecule has 0 bridgehead atoms. The second-order valence-electron chi connectivity index (χ2n) is 9.56. The van der Waals surface area contributed by atoms with Gasteiger partial charge >= 0.3 is 5.97 Å². The van der Waals surface area contributed by atoms with Crippen LogP contribution < -0.4 is 19.7 Å². The number of Topliss-reactive ketones (excluding diaryl/α,β-unsaturated/α-hetero) is 1. The number of hydrogen-bond acceptors (Lipinski definition) is 8. The number of imide groups is 1. The maximum atomic E-state index is 13.0. The predicted octanol–water partition coefficient (Wildman–Crippen LogP) is 3.54. The van der Waals surface area contributed by atoms with Gasteiger partial charge in [0.2, 0.25) is 5.91 Å². The summed E-state index contributed by atoms with van der Waals surface area (Å²) in [6, 6.07) is 10.4. The molecular formula is C28H32N2O7. The van der Waals surface area contributed by atoms with Crippen LogP contribution in [0, 0.1) is 5.92 Å². The van der Waals surface area contributed by atoms with Gasteiger partial charge < -0.3 is 19.5 Å². The van der Waals surface area contributed by atoms with E-state index in [1.54, 1.807) is 12.1 Å². The molecule has 2 aromatic carbocycles. The molecule has 2 fully saturated rings. The van der Waals surface area contributed by atoms with Crippen molar-refractivity contribution >= 4 is 29.3 Å². The molecule has 1 unspecified atom stereocenters. The second-order valence-corrected chi connectivity index (χ2v) is 9.56. The molecule has 1 N–H and O–H groups in total. The fourth-order valence-electron chi connectivity index (χ4n) is 4.80. The molecule has 0 radical (unpaired) electrons. The number of carbonyl (C=O) groups is 4. The highest BCUT2D eigenvalue weighted by atomic mass is 16.5. The first-order chi connectivity index (χ1) is 17.8. The van der Waals surface area contributed by atoms with E-state index in [-0.39, 0.29) is 29.8 Å². The number of anilines is 1. The molecule has 1 heterocycles. The molecule has 1 saturated carbocycles. The highest BCUT2D eigenvalue weighted by molar-refractivity contribution is 6.22. The minimum absolute atomic E-state index is 0.118. The van der Waals surface area contributed by atoms with Crippen LogP contribution >= 0.6 is 0 Å². The first-order valence-corrected chi connectivity index (χ1v) is 12.5. The third-order valence-corrected chi connectivity index (χ3v) is 7.00.